The average molecular weight is 510 g/mol. The van der Waals surface area contributed by atoms with Crippen molar-refractivity contribution in [3.8, 4) is 11.8 Å². The first-order valence-corrected chi connectivity index (χ1v) is 11.7. The third kappa shape index (κ3) is 6.01. The number of benzene rings is 1. The number of pyridine rings is 1. The van der Waals surface area contributed by atoms with Crippen LogP contribution in [0, 0.1) is 17.7 Å². The van der Waals surface area contributed by atoms with E-state index in [1.807, 2.05) is 30.3 Å². The summed E-state index contributed by atoms with van der Waals surface area (Å²) in [6, 6.07) is 10.2. The van der Waals surface area contributed by atoms with Gasteiger partial charge in [-0.1, -0.05) is 41.6 Å². The van der Waals surface area contributed by atoms with Gasteiger partial charge in [-0.15, -0.1) is 0 Å². The normalized spacial score (nSPS) is 15.2. The van der Waals surface area contributed by atoms with Gasteiger partial charge in [0.1, 0.15) is 11.3 Å². The van der Waals surface area contributed by atoms with Crippen LogP contribution in [0.3, 0.4) is 0 Å². The highest BCUT2D eigenvalue weighted by atomic mass is 35.5. The first-order valence-electron chi connectivity index (χ1n) is 11.4. The first kappa shape index (κ1) is 25.2. The summed E-state index contributed by atoms with van der Waals surface area (Å²) < 4.78 is 21.6. The van der Waals surface area contributed by atoms with Gasteiger partial charge < -0.3 is 15.0 Å². The van der Waals surface area contributed by atoms with Crippen molar-refractivity contribution in [2.24, 2.45) is 0 Å². The molecule has 1 atom stereocenters. The molecule has 1 aliphatic rings. The lowest BCUT2D eigenvalue weighted by Gasteiger charge is -2.24. The number of rotatable bonds is 3. The van der Waals surface area contributed by atoms with Crippen LogP contribution in [0.2, 0.25) is 5.02 Å². The van der Waals surface area contributed by atoms with E-state index in [2.05, 4.69) is 27.2 Å². The summed E-state index contributed by atoms with van der Waals surface area (Å²) in [5.74, 6) is 4.13. The van der Waals surface area contributed by atoms with E-state index in [-0.39, 0.29) is 22.6 Å². The summed E-state index contributed by atoms with van der Waals surface area (Å²) in [5, 5.41) is 6.80. The van der Waals surface area contributed by atoms with Crippen molar-refractivity contribution in [2.75, 3.05) is 18.4 Å². The van der Waals surface area contributed by atoms with Crippen molar-refractivity contribution in [1.82, 2.24) is 19.7 Å². The third-order valence-corrected chi connectivity index (χ3v) is 5.60. The molecule has 1 unspecified atom stereocenters. The lowest BCUT2D eigenvalue weighted by atomic mass is 10.2. The zero-order chi connectivity index (χ0) is 25.9. The highest BCUT2D eigenvalue weighted by Gasteiger charge is 2.33. The predicted molar refractivity (Wildman–Crippen MR) is 133 cm³/mol. The molecule has 0 aliphatic carbocycles. The predicted octanol–water partition coefficient (Wildman–Crippen LogP) is 4.90. The van der Waals surface area contributed by atoms with E-state index in [4.69, 9.17) is 16.3 Å². The summed E-state index contributed by atoms with van der Waals surface area (Å²) in [6.45, 7) is 6.13. The highest BCUT2D eigenvalue weighted by Crippen LogP contribution is 2.28. The lowest BCUT2D eigenvalue weighted by molar-refractivity contribution is 0.0288. The molecule has 186 valence electrons. The molecule has 2 amide bonds. The van der Waals surface area contributed by atoms with Crippen molar-refractivity contribution >= 4 is 29.4 Å². The van der Waals surface area contributed by atoms with Gasteiger partial charge in [0, 0.05) is 30.4 Å². The van der Waals surface area contributed by atoms with Gasteiger partial charge in [-0.25, -0.2) is 14.2 Å². The SMILES string of the molecule is CC(C)(C)OC(=O)N1CCC(n2ncc(Cl)c2C(=O)Nc2ncc(C#Cc3ccccc3)cc2F)C1. The fourth-order valence-corrected chi connectivity index (χ4v) is 3.91. The number of carbonyl (C=O) groups is 2. The number of amides is 2. The molecule has 0 bridgehead atoms. The van der Waals surface area contributed by atoms with Gasteiger partial charge in [-0.3, -0.25) is 9.48 Å². The maximum Gasteiger partial charge on any atom is 0.410 e. The van der Waals surface area contributed by atoms with Crippen molar-refractivity contribution < 1.29 is 18.7 Å². The second-order valence-electron chi connectivity index (χ2n) is 9.28. The zero-order valence-electron chi connectivity index (χ0n) is 20.1. The molecule has 1 N–H and O–H groups in total. The van der Waals surface area contributed by atoms with Gasteiger partial charge >= 0.3 is 6.09 Å². The smallest absolute Gasteiger partial charge is 0.410 e. The Morgan fingerprint density at radius 2 is 1.89 bits per heavy atom. The van der Waals surface area contributed by atoms with E-state index in [9.17, 15) is 14.0 Å². The van der Waals surface area contributed by atoms with Crippen LogP contribution in [0.1, 0.15) is 54.8 Å². The van der Waals surface area contributed by atoms with Crippen molar-refractivity contribution in [1.29, 1.82) is 0 Å². The maximum atomic E-state index is 14.7. The van der Waals surface area contributed by atoms with Crippen LogP contribution >= 0.6 is 11.6 Å². The molecule has 3 aromatic rings. The van der Waals surface area contributed by atoms with Gasteiger partial charge in [-0.2, -0.15) is 5.10 Å². The highest BCUT2D eigenvalue weighted by molar-refractivity contribution is 6.34. The largest absolute Gasteiger partial charge is 0.444 e. The van der Waals surface area contributed by atoms with E-state index in [0.717, 1.165) is 5.56 Å². The summed E-state index contributed by atoms with van der Waals surface area (Å²) in [4.78, 5) is 31.0. The summed E-state index contributed by atoms with van der Waals surface area (Å²) >= 11 is 6.25. The van der Waals surface area contributed by atoms with Gasteiger partial charge in [-0.05, 0) is 45.4 Å². The van der Waals surface area contributed by atoms with E-state index in [1.165, 1.54) is 23.1 Å². The van der Waals surface area contributed by atoms with Gasteiger partial charge in [0.25, 0.3) is 5.91 Å². The van der Waals surface area contributed by atoms with Crippen LogP contribution in [-0.2, 0) is 4.74 Å². The number of likely N-dealkylation sites (tertiary alicyclic amines) is 1. The fraction of sp³-hybridized carbons (Fsp3) is 0.308. The third-order valence-electron chi connectivity index (χ3n) is 5.32. The monoisotopic (exact) mass is 509 g/mol. The van der Waals surface area contributed by atoms with Crippen LogP contribution in [0.5, 0.6) is 0 Å². The Morgan fingerprint density at radius 1 is 1.17 bits per heavy atom. The summed E-state index contributed by atoms with van der Waals surface area (Å²) in [6.07, 6.45) is 2.84. The minimum atomic E-state index is -0.734. The minimum absolute atomic E-state index is 0.0573. The fourth-order valence-electron chi connectivity index (χ4n) is 3.70. The number of nitrogens with zero attached hydrogens (tertiary/aromatic N) is 4. The molecule has 3 heterocycles. The Morgan fingerprint density at radius 3 is 2.58 bits per heavy atom. The number of carbonyl (C=O) groups excluding carboxylic acids is 2. The molecule has 1 fully saturated rings. The zero-order valence-corrected chi connectivity index (χ0v) is 20.8. The van der Waals surface area contributed by atoms with Crippen LogP contribution in [0.25, 0.3) is 0 Å². The molecule has 10 heteroatoms. The number of ether oxygens (including phenoxy) is 1. The Labute approximate surface area is 213 Å². The van der Waals surface area contributed by atoms with Crippen LogP contribution in [0.4, 0.5) is 15.0 Å². The number of hydrogen-bond acceptors (Lipinski definition) is 5. The van der Waals surface area contributed by atoms with Gasteiger partial charge in [0.2, 0.25) is 0 Å². The Bertz CT molecular complexity index is 1340. The molecule has 1 saturated heterocycles. The quantitative estimate of drug-likeness (QED) is 0.507. The van der Waals surface area contributed by atoms with Gasteiger partial charge in [0.05, 0.1) is 17.3 Å². The summed E-state index contributed by atoms with van der Waals surface area (Å²) in [5.41, 5.74) is 0.595. The molecule has 2 aromatic heterocycles. The number of anilines is 1. The molecule has 0 radical (unpaired) electrons. The summed E-state index contributed by atoms with van der Waals surface area (Å²) in [7, 11) is 0. The van der Waals surface area contributed by atoms with E-state index < -0.39 is 23.4 Å². The molecule has 4 rings (SSSR count). The number of aromatic nitrogens is 3. The van der Waals surface area contributed by atoms with E-state index in [0.29, 0.717) is 25.1 Å². The minimum Gasteiger partial charge on any atom is -0.444 e. The molecular formula is C26H25ClFN5O3. The molecular weight excluding hydrogens is 485 g/mol. The Hall–Kier alpha value is -3.90. The molecule has 8 nitrogen and oxygen atoms in total. The molecule has 1 aromatic carbocycles. The second-order valence-corrected chi connectivity index (χ2v) is 9.69. The molecule has 0 saturated carbocycles. The Balaban J connectivity index is 1.47. The standard InChI is InChI=1S/C26H25ClFN5O3/c1-26(2,3)36-25(35)32-12-11-19(16-32)33-22(20(27)15-30-33)24(34)31-23-21(28)13-18(14-29-23)10-9-17-7-5-4-6-8-17/h4-8,13-15,19H,11-12,16H2,1-3H3,(H,29,31,34). The number of nitrogens with one attached hydrogen (secondary N) is 1. The number of halogens is 2. The van der Waals surface area contributed by atoms with Gasteiger partial charge in [0.15, 0.2) is 11.6 Å². The molecule has 36 heavy (non-hydrogen) atoms. The topological polar surface area (TPSA) is 89.4 Å². The van der Waals surface area contributed by atoms with Crippen LogP contribution in [-0.4, -0.2) is 50.4 Å². The Kier molecular flexibility index (Phi) is 7.27. The number of hydrogen-bond donors (Lipinski definition) is 1. The van der Waals surface area contributed by atoms with Crippen molar-refractivity contribution in [3.63, 3.8) is 0 Å². The molecule has 0 spiro atoms. The van der Waals surface area contributed by atoms with E-state index in [1.54, 1.807) is 25.7 Å². The maximum absolute atomic E-state index is 14.7. The van der Waals surface area contributed by atoms with E-state index >= 15 is 0 Å². The van der Waals surface area contributed by atoms with Crippen LogP contribution < -0.4 is 5.32 Å². The first-order chi connectivity index (χ1) is 17.1. The lowest BCUT2D eigenvalue weighted by Crippen LogP contribution is -2.35. The average Bonchev–Trinajstić information content (AvgIpc) is 3.46. The van der Waals surface area contributed by atoms with Crippen molar-refractivity contribution in [2.45, 2.75) is 38.8 Å². The second kappa shape index (κ2) is 10.4. The van der Waals surface area contributed by atoms with Crippen LogP contribution in [0.15, 0.2) is 48.8 Å². The van der Waals surface area contributed by atoms with Crippen molar-refractivity contribution in [3.05, 3.63) is 76.5 Å². The molecule has 1 aliphatic heterocycles.